The SMILES string of the molecule is Oc1cncc(-c2ccc3[nH]nc(-c4nc5cccnc5[nH]4)c3c2)c1. The van der Waals surface area contributed by atoms with E-state index in [-0.39, 0.29) is 5.75 Å². The highest BCUT2D eigenvalue weighted by Gasteiger charge is 2.14. The summed E-state index contributed by atoms with van der Waals surface area (Å²) >= 11 is 0. The van der Waals surface area contributed by atoms with Crippen LogP contribution in [-0.4, -0.2) is 35.2 Å². The Bertz CT molecular complexity index is 1190. The molecule has 7 heteroatoms. The first-order valence-electron chi connectivity index (χ1n) is 7.71. The molecule has 0 aliphatic carbocycles. The molecule has 0 aliphatic heterocycles. The standard InChI is InChI=1S/C18H12N6O/c25-12-6-11(8-19-9-12)10-3-4-14-13(7-10)16(24-23-14)18-21-15-2-1-5-20-17(15)22-18/h1-9,25H,(H,23,24)(H,20,21,22). The Morgan fingerprint density at radius 2 is 1.96 bits per heavy atom. The zero-order valence-electron chi connectivity index (χ0n) is 12.9. The van der Waals surface area contributed by atoms with Crippen LogP contribution in [0.1, 0.15) is 0 Å². The second kappa shape index (κ2) is 5.13. The third-order valence-electron chi connectivity index (χ3n) is 4.10. The fourth-order valence-electron chi connectivity index (χ4n) is 2.92. The average Bonchev–Trinajstić information content (AvgIpc) is 3.24. The number of hydrogen-bond acceptors (Lipinski definition) is 5. The van der Waals surface area contributed by atoms with Crippen LogP contribution in [0.15, 0.2) is 55.0 Å². The maximum absolute atomic E-state index is 9.66. The van der Waals surface area contributed by atoms with E-state index < -0.39 is 0 Å². The van der Waals surface area contributed by atoms with Gasteiger partial charge in [-0.05, 0) is 35.9 Å². The minimum absolute atomic E-state index is 0.133. The number of nitrogens with zero attached hydrogens (tertiary/aromatic N) is 4. The molecule has 0 radical (unpaired) electrons. The second-order valence-corrected chi connectivity index (χ2v) is 5.72. The summed E-state index contributed by atoms with van der Waals surface area (Å²) in [7, 11) is 0. The first-order valence-corrected chi connectivity index (χ1v) is 7.71. The van der Waals surface area contributed by atoms with E-state index in [1.54, 1.807) is 18.5 Å². The number of aromatic amines is 2. The van der Waals surface area contributed by atoms with Crippen LogP contribution in [0.5, 0.6) is 5.75 Å². The summed E-state index contributed by atoms with van der Waals surface area (Å²) in [5.41, 5.74) is 4.92. The van der Waals surface area contributed by atoms with Gasteiger partial charge in [-0.2, -0.15) is 5.10 Å². The molecule has 0 saturated carbocycles. The average molecular weight is 328 g/mol. The molecule has 3 N–H and O–H groups in total. The van der Waals surface area contributed by atoms with Crippen LogP contribution in [0.4, 0.5) is 0 Å². The van der Waals surface area contributed by atoms with Gasteiger partial charge in [-0.1, -0.05) is 6.07 Å². The van der Waals surface area contributed by atoms with E-state index in [0.29, 0.717) is 5.82 Å². The summed E-state index contributed by atoms with van der Waals surface area (Å²) < 4.78 is 0. The molecule has 0 unspecified atom stereocenters. The van der Waals surface area contributed by atoms with Crippen LogP contribution in [0.2, 0.25) is 0 Å². The topological polar surface area (TPSA) is 103 Å². The fourth-order valence-corrected chi connectivity index (χ4v) is 2.92. The van der Waals surface area contributed by atoms with Gasteiger partial charge in [0.2, 0.25) is 0 Å². The molecule has 1 aromatic carbocycles. The van der Waals surface area contributed by atoms with Crippen molar-refractivity contribution in [2.24, 2.45) is 0 Å². The minimum atomic E-state index is 0.133. The van der Waals surface area contributed by atoms with Crippen molar-refractivity contribution in [2.75, 3.05) is 0 Å². The Morgan fingerprint density at radius 1 is 1.00 bits per heavy atom. The minimum Gasteiger partial charge on any atom is -0.506 e. The lowest BCUT2D eigenvalue weighted by atomic mass is 10.0. The van der Waals surface area contributed by atoms with Gasteiger partial charge in [0.25, 0.3) is 0 Å². The van der Waals surface area contributed by atoms with Gasteiger partial charge in [-0.3, -0.25) is 10.1 Å². The Kier molecular flexibility index (Phi) is 2.81. The van der Waals surface area contributed by atoms with Crippen molar-refractivity contribution in [3.8, 4) is 28.4 Å². The number of rotatable bonds is 2. The lowest BCUT2D eigenvalue weighted by Crippen LogP contribution is -1.83. The van der Waals surface area contributed by atoms with Crippen molar-refractivity contribution in [1.29, 1.82) is 0 Å². The molecule has 0 spiro atoms. The zero-order valence-corrected chi connectivity index (χ0v) is 12.9. The molecule has 0 amide bonds. The monoisotopic (exact) mass is 328 g/mol. The van der Waals surface area contributed by atoms with Crippen LogP contribution in [0.25, 0.3) is 44.7 Å². The molecule has 0 atom stereocenters. The van der Waals surface area contributed by atoms with E-state index in [9.17, 15) is 5.11 Å². The van der Waals surface area contributed by atoms with Crippen LogP contribution in [0.3, 0.4) is 0 Å². The lowest BCUT2D eigenvalue weighted by Gasteiger charge is -2.02. The van der Waals surface area contributed by atoms with Gasteiger partial charge in [-0.25, -0.2) is 9.97 Å². The quantitative estimate of drug-likeness (QED) is 0.461. The van der Waals surface area contributed by atoms with E-state index in [4.69, 9.17) is 0 Å². The third-order valence-corrected chi connectivity index (χ3v) is 4.10. The smallest absolute Gasteiger partial charge is 0.160 e. The molecule has 5 aromatic rings. The van der Waals surface area contributed by atoms with Crippen LogP contribution < -0.4 is 0 Å². The summed E-state index contributed by atoms with van der Waals surface area (Å²) in [5.74, 6) is 0.791. The lowest BCUT2D eigenvalue weighted by molar-refractivity contribution is 0.473. The highest BCUT2D eigenvalue weighted by atomic mass is 16.3. The first-order chi connectivity index (χ1) is 12.3. The Morgan fingerprint density at radius 3 is 2.84 bits per heavy atom. The molecule has 7 nitrogen and oxygen atoms in total. The number of fused-ring (bicyclic) bond motifs is 2. The second-order valence-electron chi connectivity index (χ2n) is 5.72. The van der Waals surface area contributed by atoms with Crippen molar-refractivity contribution in [1.82, 2.24) is 30.1 Å². The van der Waals surface area contributed by atoms with Crippen molar-refractivity contribution >= 4 is 22.1 Å². The van der Waals surface area contributed by atoms with Gasteiger partial charge in [0.05, 0.1) is 11.7 Å². The predicted molar refractivity (Wildman–Crippen MR) is 93.9 cm³/mol. The number of H-pyrrole nitrogens is 2. The fraction of sp³-hybridized carbons (Fsp3) is 0. The third kappa shape index (κ3) is 2.21. The van der Waals surface area contributed by atoms with Crippen LogP contribution in [0, 0.1) is 0 Å². The molecule has 0 aliphatic rings. The summed E-state index contributed by atoms with van der Waals surface area (Å²) in [6.07, 6.45) is 4.85. The number of pyridine rings is 2. The first kappa shape index (κ1) is 13.7. The predicted octanol–water partition coefficient (Wildman–Crippen LogP) is 3.27. The van der Waals surface area contributed by atoms with Gasteiger partial charge in [0.15, 0.2) is 11.5 Å². The molecule has 25 heavy (non-hydrogen) atoms. The Balaban J connectivity index is 1.70. The van der Waals surface area contributed by atoms with Gasteiger partial charge in [0, 0.05) is 23.3 Å². The number of aromatic nitrogens is 6. The van der Waals surface area contributed by atoms with Crippen molar-refractivity contribution in [3.63, 3.8) is 0 Å². The van der Waals surface area contributed by atoms with Crippen molar-refractivity contribution in [3.05, 3.63) is 55.0 Å². The number of imidazole rings is 1. The Labute approximate surface area is 141 Å². The summed E-state index contributed by atoms with van der Waals surface area (Å²) in [4.78, 5) is 16.1. The van der Waals surface area contributed by atoms with Gasteiger partial charge in [0.1, 0.15) is 17.0 Å². The largest absolute Gasteiger partial charge is 0.506 e. The molecular weight excluding hydrogens is 316 g/mol. The summed E-state index contributed by atoms with van der Waals surface area (Å²) in [6.45, 7) is 0. The van der Waals surface area contributed by atoms with E-state index in [0.717, 1.165) is 38.9 Å². The molecule has 0 fully saturated rings. The molecule has 120 valence electrons. The van der Waals surface area contributed by atoms with Gasteiger partial charge < -0.3 is 10.1 Å². The van der Waals surface area contributed by atoms with Gasteiger partial charge in [-0.15, -0.1) is 0 Å². The van der Waals surface area contributed by atoms with E-state index in [1.165, 1.54) is 6.20 Å². The highest BCUT2D eigenvalue weighted by molar-refractivity contribution is 5.95. The normalized spacial score (nSPS) is 11.4. The maximum atomic E-state index is 9.66. The van der Waals surface area contributed by atoms with Crippen LogP contribution in [-0.2, 0) is 0 Å². The maximum Gasteiger partial charge on any atom is 0.160 e. The number of nitrogens with one attached hydrogen (secondary N) is 2. The molecule has 5 rings (SSSR count). The van der Waals surface area contributed by atoms with Crippen molar-refractivity contribution in [2.45, 2.75) is 0 Å². The molecular formula is C18H12N6O. The number of aromatic hydroxyl groups is 1. The Hall–Kier alpha value is -3.74. The zero-order chi connectivity index (χ0) is 16.8. The number of benzene rings is 1. The van der Waals surface area contributed by atoms with Crippen molar-refractivity contribution < 1.29 is 5.11 Å². The molecule has 0 bridgehead atoms. The van der Waals surface area contributed by atoms with E-state index in [1.807, 2.05) is 30.3 Å². The van der Waals surface area contributed by atoms with E-state index in [2.05, 4.69) is 30.1 Å². The van der Waals surface area contributed by atoms with E-state index >= 15 is 0 Å². The molecule has 4 heterocycles. The summed E-state index contributed by atoms with van der Waals surface area (Å²) in [6, 6.07) is 11.3. The molecule has 0 saturated heterocycles. The number of hydrogen-bond donors (Lipinski definition) is 3. The summed E-state index contributed by atoms with van der Waals surface area (Å²) in [5, 5.41) is 18.0. The highest BCUT2D eigenvalue weighted by Crippen LogP contribution is 2.30. The van der Waals surface area contributed by atoms with Gasteiger partial charge >= 0.3 is 0 Å². The van der Waals surface area contributed by atoms with Crippen LogP contribution >= 0.6 is 0 Å². The molecule has 4 aromatic heterocycles.